The topological polar surface area (TPSA) is 38.0 Å². The molecule has 3 nitrogen and oxygen atoms in total. The van der Waals surface area contributed by atoms with Crippen LogP contribution in [0.5, 0.6) is 0 Å². The molecule has 0 aromatic carbocycles. The van der Waals surface area contributed by atoms with Crippen LogP contribution in [0.25, 0.3) is 0 Å². The largest absolute Gasteiger partial charge is 0.392 e. The molecule has 2 saturated carbocycles. The average molecular weight is 290 g/mol. The Balaban J connectivity index is 1.54. The van der Waals surface area contributed by atoms with Gasteiger partial charge in [0.25, 0.3) is 0 Å². The third-order valence-corrected chi connectivity index (χ3v) is 5.64. The molecular weight excluding hydrogens is 260 g/mol. The number of hydrogen-bond acceptors (Lipinski definition) is 2. The number of aliphatic hydroxyl groups excluding tert-OH is 1. The minimum absolute atomic E-state index is 0.202. The van der Waals surface area contributed by atoms with Crippen molar-refractivity contribution in [2.24, 2.45) is 11.8 Å². The summed E-state index contributed by atoms with van der Waals surface area (Å²) in [6.07, 6.45) is 14.2. The van der Waals surface area contributed by atoms with Crippen LogP contribution in [0.15, 0.2) is 12.3 Å². The molecule has 21 heavy (non-hydrogen) atoms. The van der Waals surface area contributed by atoms with Gasteiger partial charge in [0.1, 0.15) is 0 Å². The van der Waals surface area contributed by atoms with Crippen LogP contribution in [0.4, 0.5) is 0 Å². The highest BCUT2D eigenvalue weighted by molar-refractivity contribution is 5.02. The summed E-state index contributed by atoms with van der Waals surface area (Å²) in [6.45, 7) is 2.33. The van der Waals surface area contributed by atoms with Gasteiger partial charge in [0.15, 0.2) is 0 Å². The Bertz CT molecular complexity index is 428. The second kappa shape index (κ2) is 6.95. The molecule has 3 rings (SSSR count). The van der Waals surface area contributed by atoms with Crippen LogP contribution in [-0.4, -0.2) is 21.0 Å². The van der Waals surface area contributed by atoms with E-state index in [1.165, 1.54) is 57.8 Å². The van der Waals surface area contributed by atoms with E-state index in [0.29, 0.717) is 12.0 Å². The molecule has 118 valence electrons. The van der Waals surface area contributed by atoms with Crippen molar-refractivity contribution in [3.63, 3.8) is 0 Å². The predicted molar refractivity (Wildman–Crippen MR) is 85.2 cm³/mol. The van der Waals surface area contributed by atoms with E-state index in [9.17, 15) is 5.11 Å². The summed E-state index contributed by atoms with van der Waals surface area (Å²) < 4.78 is 2.16. The molecule has 0 radical (unpaired) electrons. The molecular formula is C18H30N2O. The van der Waals surface area contributed by atoms with Gasteiger partial charge in [-0.25, -0.2) is 0 Å². The lowest BCUT2D eigenvalue weighted by Gasteiger charge is -2.29. The van der Waals surface area contributed by atoms with E-state index in [-0.39, 0.29) is 6.10 Å². The van der Waals surface area contributed by atoms with Gasteiger partial charge in [-0.2, -0.15) is 5.10 Å². The Labute approximate surface area is 128 Å². The number of nitrogens with zero attached hydrogens (tertiary/aromatic N) is 2. The van der Waals surface area contributed by atoms with Gasteiger partial charge in [0.05, 0.1) is 17.8 Å². The summed E-state index contributed by atoms with van der Waals surface area (Å²) in [5, 5.41) is 15.2. The Morgan fingerprint density at radius 3 is 2.57 bits per heavy atom. The van der Waals surface area contributed by atoms with Crippen molar-refractivity contribution in [3.05, 3.63) is 18.0 Å². The Kier molecular flexibility index (Phi) is 4.99. The zero-order valence-electron chi connectivity index (χ0n) is 13.4. The number of hydrogen-bond donors (Lipinski definition) is 1. The van der Waals surface area contributed by atoms with Crippen molar-refractivity contribution in [3.8, 4) is 0 Å². The number of aromatic nitrogens is 2. The summed E-state index contributed by atoms with van der Waals surface area (Å²) in [7, 11) is 0. The Morgan fingerprint density at radius 2 is 1.86 bits per heavy atom. The van der Waals surface area contributed by atoms with Crippen LogP contribution >= 0.6 is 0 Å². The van der Waals surface area contributed by atoms with Crippen LogP contribution in [0, 0.1) is 11.8 Å². The first-order chi connectivity index (χ1) is 10.2. The third-order valence-electron chi connectivity index (χ3n) is 5.64. The van der Waals surface area contributed by atoms with Crippen molar-refractivity contribution in [1.82, 2.24) is 9.78 Å². The molecule has 1 heterocycles. The van der Waals surface area contributed by atoms with Crippen molar-refractivity contribution in [2.45, 2.75) is 83.3 Å². The quantitative estimate of drug-likeness (QED) is 0.906. The van der Waals surface area contributed by atoms with Gasteiger partial charge in [0.2, 0.25) is 0 Å². The summed E-state index contributed by atoms with van der Waals surface area (Å²) in [6, 6.07) is 2.71. The third kappa shape index (κ3) is 3.88. The molecule has 1 aromatic heterocycles. The van der Waals surface area contributed by atoms with Crippen LogP contribution in [0.2, 0.25) is 0 Å². The van der Waals surface area contributed by atoms with E-state index in [4.69, 9.17) is 5.10 Å². The lowest BCUT2D eigenvalue weighted by molar-refractivity contribution is 0.0751. The summed E-state index contributed by atoms with van der Waals surface area (Å²) in [5.74, 6) is 1.33. The van der Waals surface area contributed by atoms with E-state index in [1.54, 1.807) is 0 Å². The summed E-state index contributed by atoms with van der Waals surface area (Å²) >= 11 is 0. The van der Waals surface area contributed by atoms with Gasteiger partial charge >= 0.3 is 0 Å². The van der Waals surface area contributed by atoms with Crippen molar-refractivity contribution in [1.29, 1.82) is 0 Å². The van der Waals surface area contributed by atoms with Gasteiger partial charge in [-0.3, -0.25) is 4.68 Å². The molecule has 0 aliphatic heterocycles. The molecule has 2 fully saturated rings. The molecule has 0 saturated heterocycles. The molecule has 1 atom stereocenters. The van der Waals surface area contributed by atoms with Gasteiger partial charge in [-0.1, -0.05) is 39.0 Å². The van der Waals surface area contributed by atoms with Crippen LogP contribution < -0.4 is 0 Å². The van der Waals surface area contributed by atoms with E-state index >= 15 is 0 Å². The fraction of sp³-hybridized carbons (Fsp3) is 0.833. The van der Waals surface area contributed by atoms with E-state index in [1.807, 2.05) is 0 Å². The molecule has 0 spiro atoms. The van der Waals surface area contributed by atoms with Crippen LogP contribution in [0.3, 0.4) is 0 Å². The SMILES string of the molecule is CC1CCC(C(O)Cc2ccn(C3CCCCC3)n2)CC1. The van der Waals surface area contributed by atoms with Crippen LogP contribution in [0.1, 0.15) is 76.4 Å². The first kappa shape index (κ1) is 15.1. The molecule has 0 bridgehead atoms. The second-order valence-corrected chi connectivity index (χ2v) is 7.37. The maximum absolute atomic E-state index is 10.5. The number of rotatable bonds is 4. The predicted octanol–water partition coefficient (Wildman–Crippen LogP) is 4.12. The smallest absolute Gasteiger partial charge is 0.0650 e. The fourth-order valence-corrected chi connectivity index (χ4v) is 4.09. The van der Waals surface area contributed by atoms with E-state index < -0.39 is 0 Å². The highest BCUT2D eigenvalue weighted by atomic mass is 16.3. The lowest BCUT2D eigenvalue weighted by Crippen LogP contribution is -2.27. The van der Waals surface area contributed by atoms with Gasteiger partial charge in [-0.15, -0.1) is 0 Å². The van der Waals surface area contributed by atoms with E-state index in [2.05, 4.69) is 23.9 Å². The zero-order chi connectivity index (χ0) is 14.7. The monoisotopic (exact) mass is 290 g/mol. The molecule has 2 aliphatic carbocycles. The van der Waals surface area contributed by atoms with Crippen molar-refractivity contribution in [2.75, 3.05) is 0 Å². The molecule has 2 aliphatic rings. The Morgan fingerprint density at radius 1 is 1.14 bits per heavy atom. The molecule has 1 N–H and O–H groups in total. The number of aliphatic hydroxyl groups is 1. The van der Waals surface area contributed by atoms with Crippen molar-refractivity contribution >= 4 is 0 Å². The van der Waals surface area contributed by atoms with Gasteiger partial charge in [0, 0.05) is 12.6 Å². The van der Waals surface area contributed by atoms with E-state index in [0.717, 1.165) is 18.0 Å². The standard InChI is InChI=1S/C18H30N2O/c1-14-7-9-15(10-8-14)18(21)13-16-11-12-20(19-16)17-5-3-2-4-6-17/h11-12,14-15,17-18,21H,2-10,13H2,1H3. The average Bonchev–Trinajstić information content (AvgIpc) is 2.97. The highest BCUT2D eigenvalue weighted by Crippen LogP contribution is 2.32. The molecule has 0 amide bonds. The lowest BCUT2D eigenvalue weighted by atomic mass is 9.79. The second-order valence-electron chi connectivity index (χ2n) is 7.37. The first-order valence-corrected chi connectivity index (χ1v) is 8.94. The highest BCUT2D eigenvalue weighted by Gasteiger charge is 2.25. The Hall–Kier alpha value is -0.830. The molecule has 1 aromatic rings. The van der Waals surface area contributed by atoms with Gasteiger partial charge in [-0.05, 0) is 43.6 Å². The maximum atomic E-state index is 10.5. The maximum Gasteiger partial charge on any atom is 0.0650 e. The van der Waals surface area contributed by atoms with Crippen molar-refractivity contribution < 1.29 is 5.11 Å². The minimum atomic E-state index is -0.202. The van der Waals surface area contributed by atoms with Crippen LogP contribution in [-0.2, 0) is 6.42 Å². The summed E-state index contributed by atoms with van der Waals surface area (Å²) in [5.41, 5.74) is 1.08. The minimum Gasteiger partial charge on any atom is -0.392 e. The molecule has 3 heteroatoms. The van der Waals surface area contributed by atoms with Gasteiger partial charge < -0.3 is 5.11 Å². The first-order valence-electron chi connectivity index (χ1n) is 8.94. The zero-order valence-corrected chi connectivity index (χ0v) is 13.4. The normalized spacial score (nSPS) is 29.4. The molecule has 1 unspecified atom stereocenters. The summed E-state index contributed by atoms with van der Waals surface area (Å²) in [4.78, 5) is 0. The fourth-order valence-electron chi connectivity index (χ4n) is 4.09.